The molecule has 1 aliphatic heterocycles. The summed E-state index contributed by atoms with van der Waals surface area (Å²) in [5, 5.41) is 3.53. The lowest BCUT2D eigenvalue weighted by Gasteiger charge is -2.41. The fourth-order valence-electron chi connectivity index (χ4n) is 3.12. The van der Waals surface area contributed by atoms with E-state index in [9.17, 15) is 0 Å². The fourth-order valence-corrected chi connectivity index (χ4v) is 3.12. The molecule has 4 heteroatoms. The maximum absolute atomic E-state index is 5.57. The van der Waals surface area contributed by atoms with Crippen molar-refractivity contribution in [3.05, 3.63) is 24.3 Å². The summed E-state index contributed by atoms with van der Waals surface area (Å²) in [6, 6.07) is 8.22. The topological polar surface area (TPSA) is 33.7 Å². The maximum Gasteiger partial charge on any atom is 0.142 e. The predicted octanol–water partition coefficient (Wildman–Crippen LogP) is 2.54. The molecule has 1 heterocycles. The Balaban J connectivity index is 2.11. The van der Waals surface area contributed by atoms with Crippen LogP contribution in [0.2, 0.25) is 0 Å². The van der Waals surface area contributed by atoms with Gasteiger partial charge in [0, 0.05) is 38.8 Å². The smallest absolute Gasteiger partial charge is 0.142 e. The van der Waals surface area contributed by atoms with E-state index in [1.807, 2.05) is 12.1 Å². The van der Waals surface area contributed by atoms with Gasteiger partial charge in [0.2, 0.25) is 0 Å². The van der Waals surface area contributed by atoms with Crippen LogP contribution in [0, 0.1) is 5.41 Å². The van der Waals surface area contributed by atoms with Crippen LogP contribution in [0.5, 0.6) is 5.75 Å². The highest BCUT2D eigenvalue weighted by molar-refractivity contribution is 5.58. The van der Waals surface area contributed by atoms with Gasteiger partial charge in [-0.2, -0.15) is 0 Å². The van der Waals surface area contributed by atoms with Crippen LogP contribution in [0.25, 0.3) is 0 Å². The predicted molar refractivity (Wildman–Crippen MR) is 87.3 cm³/mol. The van der Waals surface area contributed by atoms with Gasteiger partial charge in [0.1, 0.15) is 5.75 Å². The van der Waals surface area contributed by atoms with E-state index in [2.05, 4.69) is 36.3 Å². The zero-order valence-corrected chi connectivity index (χ0v) is 13.5. The van der Waals surface area contributed by atoms with Crippen molar-refractivity contribution in [3.8, 4) is 5.75 Å². The molecule has 0 unspecified atom stereocenters. The van der Waals surface area contributed by atoms with Gasteiger partial charge in [0.25, 0.3) is 0 Å². The molecule has 0 saturated carbocycles. The summed E-state index contributed by atoms with van der Waals surface area (Å²) in [6.45, 7) is 6.98. The van der Waals surface area contributed by atoms with E-state index in [1.54, 1.807) is 7.11 Å². The van der Waals surface area contributed by atoms with Crippen molar-refractivity contribution in [2.45, 2.75) is 19.8 Å². The molecule has 1 aromatic carbocycles. The summed E-state index contributed by atoms with van der Waals surface area (Å²) in [6.07, 6.45) is 2.22. The summed E-state index contributed by atoms with van der Waals surface area (Å²) >= 11 is 0. The first kappa shape index (κ1) is 16.1. The highest BCUT2D eigenvalue weighted by Crippen LogP contribution is 2.34. The van der Waals surface area contributed by atoms with Crippen LogP contribution < -0.4 is 15.0 Å². The quantitative estimate of drug-likeness (QED) is 0.837. The Morgan fingerprint density at radius 1 is 1.29 bits per heavy atom. The number of nitrogens with zero attached hydrogens (tertiary/aromatic N) is 1. The van der Waals surface area contributed by atoms with Gasteiger partial charge in [-0.3, -0.25) is 0 Å². The normalized spacial score (nSPS) is 17.5. The van der Waals surface area contributed by atoms with Crippen molar-refractivity contribution in [1.82, 2.24) is 5.32 Å². The van der Waals surface area contributed by atoms with Gasteiger partial charge in [0.05, 0.1) is 12.8 Å². The van der Waals surface area contributed by atoms with Crippen LogP contribution in [0.15, 0.2) is 24.3 Å². The Morgan fingerprint density at radius 3 is 2.67 bits per heavy atom. The maximum atomic E-state index is 5.57. The first-order valence-corrected chi connectivity index (χ1v) is 7.83. The van der Waals surface area contributed by atoms with Gasteiger partial charge < -0.3 is 19.7 Å². The monoisotopic (exact) mass is 292 g/mol. The summed E-state index contributed by atoms with van der Waals surface area (Å²) in [5.74, 6) is 0.936. The van der Waals surface area contributed by atoms with E-state index in [1.165, 1.54) is 0 Å². The molecule has 1 fully saturated rings. The molecule has 0 radical (unpaired) electrons. The molecule has 0 spiro atoms. The Labute approximate surface area is 128 Å². The third-order valence-electron chi connectivity index (χ3n) is 4.37. The lowest BCUT2D eigenvalue weighted by Crippen LogP contribution is -2.46. The number of nitrogens with one attached hydrogen (secondary N) is 1. The Kier molecular flexibility index (Phi) is 5.88. The van der Waals surface area contributed by atoms with Crippen molar-refractivity contribution in [3.63, 3.8) is 0 Å². The third kappa shape index (κ3) is 4.11. The van der Waals surface area contributed by atoms with Gasteiger partial charge >= 0.3 is 0 Å². The molecular formula is C17H28N2O2. The van der Waals surface area contributed by atoms with E-state index in [-0.39, 0.29) is 5.41 Å². The molecule has 1 aliphatic rings. The minimum Gasteiger partial charge on any atom is -0.495 e. The molecule has 1 aromatic rings. The van der Waals surface area contributed by atoms with Crippen LogP contribution in [-0.2, 0) is 4.74 Å². The molecule has 0 aromatic heterocycles. The van der Waals surface area contributed by atoms with Crippen LogP contribution in [0.4, 0.5) is 5.69 Å². The largest absolute Gasteiger partial charge is 0.495 e. The molecule has 2 rings (SSSR count). The van der Waals surface area contributed by atoms with Gasteiger partial charge in [0.15, 0.2) is 0 Å². The number of anilines is 1. The van der Waals surface area contributed by atoms with E-state index < -0.39 is 0 Å². The highest BCUT2D eigenvalue weighted by Gasteiger charge is 2.33. The molecule has 21 heavy (non-hydrogen) atoms. The lowest BCUT2D eigenvalue weighted by atomic mass is 9.79. The Bertz CT molecular complexity index is 431. The zero-order chi connectivity index (χ0) is 15.1. The molecule has 0 bridgehead atoms. The van der Waals surface area contributed by atoms with E-state index in [0.717, 1.165) is 57.1 Å². The molecule has 1 N–H and O–H groups in total. The first-order chi connectivity index (χ1) is 10.2. The van der Waals surface area contributed by atoms with E-state index in [4.69, 9.17) is 9.47 Å². The van der Waals surface area contributed by atoms with Crippen LogP contribution in [0.1, 0.15) is 19.8 Å². The summed E-state index contributed by atoms with van der Waals surface area (Å²) in [7, 11) is 3.89. The van der Waals surface area contributed by atoms with Gasteiger partial charge in [-0.05, 0) is 31.5 Å². The van der Waals surface area contributed by atoms with Crippen molar-refractivity contribution < 1.29 is 9.47 Å². The average molecular weight is 292 g/mol. The number of para-hydroxylation sites is 2. The number of hydrogen-bond donors (Lipinski definition) is 1. The molecular weight excluding hydrogens is 264 g/mol. The lowest BCUT2D eigenvalue weighted by molar-refractivity contribution is 0.0190. The molecule has 4 nitrogen and oxygen atoms in total. The van der Waals surface area contributed by atoms with Crippen molar-refractivity contribution in [2.75, 3.05) is 51.9 Å². The minimum absolute atomic E-state index is 0.282. The van der Waals surface area contributed by atoms with Crippen LogP contribution in [-0.4, -0.2) is 47.0 Å². The average Bonchev–Trinajstić information content (AvgIpc) is 2.53. The molecule has 0 atom stereocenters. The highest BCUT2D eigenvalue weighted by atomic mass is 16.5. The second-order valence-electron chi connectivity index (χ2n) is 5.92. The second kappa shape index (κ2) is 7.66. The summed E-state index contributed by atoms with van der Waals surface area (Å²) in [4.78, 5) is 2.32. The molecule has 0 aliphatic carbocycles. The van der Waals surface area contributed by atoms with Gasteiger partial charge in [-0.15, -0.1) is 0 Å². The molecule has 0 amide bonds. The first-order valence-electron chi connectivity index (χ1n) is 7.83. The standard InChI is InChI=1S/C17H28N2O2/c1-4-18-13-17(9-11-21-12-10-17)14-19(2)15-7-5-6-8-16(15)20-3/h5-8,18H,4,9-14H2,1-3H3. The minimum atomic E-state index is 0.282. The molecule has 118 valence electrons. The SMILES string of the molecule is CCNCC1(CN(C)c2ccccc2OC)CCOCC1. The number of hydrogen-bond acceptors (Lipinski definition) is 4. The van der Waals surface area contributed by atoms with Gasteiger partial charge in [-0.25, -0.2) is 0 Å². The van der Waals surface area contributed by atoms with Crippen molar-refractivity contribution in [1.29, 1.82) is 0 Å². The number of rotatable bonds is 7. The zero-order valence-electron chi connectivity index (χ0n) is 13.5. The number of methoxy groups -OCH3 is 1. The molecule has 1 saturated heterocycles. The van der Waals surface area contributed by atoms with Crippen molar-refractivity contribution >= 4 is 5.69 Å². The fraction of sp³-hybridized carbons (Fsp3) is 0.647. The summed E-state index contributed by atoms with van der Waals surface area (Å²) < 4.78 is 11.1. The Morgan fingerprint density at radius 2 is 2.00 bits per heavy atom. The Hall–Kier alpha value is -1.26. The second-order valence-corrected chi connectivity index (χ2v) is 5.92. The van der Waals surface area contributed by atoms with E-state index in [0.29, 0.717) is 0 Å². The van der Waals surface area contributed by atoms with Crippen molar-refractivity contribution in [2.24, 2.45) is 5.41 Å². The van der Waals surface area contributed by atoms with Gasteiger partial charge in [-0.1, -0.05) is 19.1 Å². The van der Waals surface area contributed by atoms with Crippen LogP contribution in [0.3, 0.4) is 0 Å². The summed E-state index contributed by atoms with van der Waals surface area (Å²) in [5.41, 5.74) is 1.44. The van der Waals surface area contributed by atoms with Crippen LogP contribution >= 0.6 is 0 Å². The number of ether oxygens (including phenoxy) is 2. The van der Waals surface area contributed by atoms with E-state index >= 15 is 0 Å². The third-order valence-corrected chi connectivity index (χ3v) is 4.37. The number of benzene rings is 1.